The number of methoxy groups -OCH3 is 1. The second-order valence-electron chi connectivity index (χ2n) is 9.48. The smallest absolute Gasteiger partial charge is 0.247 e. The molecule has 40 heavy (non-hydrogen) atoms. The number of anilines is 4. The number of imidazole rings is 1. The zero-order chi connectivity index (χ0) is 29.0. The molecule has 0 unspecified atom stereocenters. The van der Waals surface area contributed by atoms with Gasteiger partial charge in [0.25, 0.3) is 0 Å². The van der Waals surface area contributed by atoms with Crippen LogP contribution in [0.1, 0.15) is 6.42 Å². The van der Waals surface area contributed by atoms with Crippen LogP contribution < -0.4 is 20.3 Å². The highest BCUT2D eigenvalue weighted by atomic mass is 19.1. The van der Waals surface area contributed by atoms with E-state index in [9.17, 15) is 13.6 Å². The van der Waals surface area contributed by atoms with Gasteiger partial charge in [0.1, 0.15) is 22.8 Å². The number of benzene rings is 2. The third kappa shape index (κ3) is 6.18. The number of nitrogens with zero attached hydrogens (tertiary/aromatic N) is 6. The fourth-order valence-corrected chi connectivity index (χ4v) is 4.29. The first kappa shape index (κ1) is 28.4. The van der Waals surface area contributed by atoms with Crippen LogP contribution in [0.25, 0.3) is 22.6 Å². The highest BCUT2D eigenvalue weighted by Crippen LogP contribution is 2.38. The maximum Gasteiger partial charge on any atom is 0.247 e. The summed E-state index contributed by atoms with van der Waals surface area (Å²) >= 11 is 0. The van der Waals surface area contributed by atoms with Crippen molar-refractivity contribution >= 4 is 40.0 Å². The first-order valence-corrected chi connectivity index (χ1v) is 12.5. The Labute approximate surface area is 231 Å². The SMILES string of the molecule is C=CC(=O)Nc1cc(Nc2nccc(-c3nc4c(F)cc(F)cc4n3C)n2)c(OC)cc1N(C)CCCN(C)C. The minimum absolute atomic E-state index is 0.0431. The van der Waals surface area contributed by atoms with Crippen molar-refractivity contribution in [3.63, 3.8) is 0 Å². The summed E-state index contributed by atoms with van der Waals surface area (Å²) in [5.74, 6) is -0.756. The summed E-state index contributed by atoms with van der Waals surface area (Å²) in [5, 5.41) is 6.00. The maximum absolute atomic E-state index is 14.3. The van der Waals surface area contributed by atoms with E-state index in [4.69, 9.17) is 4.74 Å². The van der Waals surface area contributed by atoms with Crippen LogP contribution in [0.3, 0.4) is 0 Å². The Kier molecular flexibility index (Phi) is 8.58. The number of aromatic nitrogens is 4. The van der Waals surface area contributed by atoms with E-state index in [2.05, 4.69) is 37.1 Å². The number of ether oxygens (including phenoxy) is 1. The van der Waals surface area contributed by atoms with Crippen molar-refractivity contribution in [3.8, 4) is 17.3 Å². The minimum atomic E-state index is -0.755. The molecule has 2 heterocycles. The lowest BCUT2D eigenvalue weighted by Crippen LogP contribution is -2.24. The Morgan fingerprint density at radius 3 is 2.60 bits per heavy atom. The Hall–Kier alpha value is -4.58. The number of carbonyl (C=O) groups is 1. The van der Waals surface area contributed by atoms with Gasteiger partial charge in [-0.25, -0.2) is 23.7 Å². The van der Waals surface area contributed by atoms with Gasteiger partial charge in [-0.15, -0.1) is 0 Å². The molecule has 0 spiro atoms. The molecule has 0 aliphatic heterocycles. The van der Waals surface area contributed by atoms with Gasteiger partial charge in [0, 0.05) is 39.0 Å². The second kappa shape index (κ2) is 12.1. The zero-order valence-corrected chi connectivity index (χ0v) is 23.1. The molecule has 12 heteroatoms. The number of hydrogen-bond acceptors (Lipinski definition) is 8. The van der Waals surface area contributed by atoms with Crippen molar-refractivity contribution in [2.75, 3.05) is 56.9 Å². The highest BCUT2D eigenvalue weighted by molar-refractivity contribution is 6.02. The van der Waals surface area contributed by atoms with Gasteiger partial charge in [-0.05, 0) is 51.3 Å². The van der Waals surface area contributed by atoms with Crippen molar-refractivity contribution in [1.29, 1.82) is 0 Å². The van der Waals surface area contributed by atoms with Crippen molar-refractivity contribution in [3.05, 3.63) is 60.8 Å². The number of fused-ring (bicyclic) bond motifs is 1. The first-order valence-electron chi connectivity index (χ1n) is 12.5. The Bertz CT molecular complexity index is 1550. The van der Waals surface area contributed by atoms with E-state index < -0.39 is 11.6 Å². The summed E-state index contributed by atoms with van der Waals surface area (Å²) in [4.78, 5) is 29.6. The molecule has 4 aromatic rings. The molecule has 0 aliphatic rings. The number of hydrogen-bond donors (Lipinski definition) is 2. The van der Waals surface area contributed by atoms with Crippen LogP contribution in [0.15, 0.2) is 49.2 Å². The van der Waals surface area contributed by atoms with Gasteiger partial charge in [0.15, 0.2) is 11.6 Å². The molecule has 0 fully saturated rings. The number of aryl methyl sites for hydroxylation is 1. The lowest BCUT2D eigenvalue weighted by atomic mass is 10.2. The lowest BCUT2D eigenvalue weighted by Gasteiger charge is -2.25. The van der Waals surface area contributed by atoms with Crippen molar-refractivity contribution in [2.24, 2.45) is 7.05 Å². The number of carbonyl (C=O) groups excluding carboxylic acids is 1. The summed E-state index contributed by atoms with van der Waals surface area (Å²) in [7, 11) is 9.18. The third-order valence-electron chi connectivity index (χ3n) is 6.31. The van der Waals surface area contributed by atoms with E-state index in [1.165, 1.54) is 18.3 Å². The molecular weight excluding hydrogens is 518 g/mol. The van der Waals surface area contributed by atoms with Gasteiger partial charge >= 0.3 is 0 Å². The Morgan fingerprint density at radius 2 is 1.90 bits per heavy atom. The van der Waals surface area contributed by atoms with E-state index in [1.54, 1.807) is 30.9 Å². The number of nitrogens with one attached hydrogen (secondary N) is 2. The number of halogens is 2. The first-order chi connectivity index (χ1) is 19.1. The number of amides is 1. The lowest BCUT2D eigenvalue weighted by molar-refractivity contribution is -0.111. The third-order valence-corrected chi connectivity index (χ3v) is 6.31. The van der Waals surface area contributed by atoms with Crippen LogP contribution in [-0.2, 0) is 11.8 Å². The largest absolute Gasteiger partial charge is 0.494 e. The predicted molar refractivity (Wildman–Crippen MR) is 153 cm³/mol. The van der Waals surface area contributed by atoms with E-state index in [-0.39, 0.29) is 17.4 Å². The molecule has 2 aromatic carbocycles. The quantitative estimate of drug-likeness (QED) is 0.262. The van der Waals surface area contributed by atoms with Gasteiger partial charge in [0.05, 0.1) is 29.7 Å². The van der Waals surface area contributed by atoms with Crippen LogP contribution in [0.5, 0.6) is 5.75 Å². The molecule has 2 aromatic heterocycles. The van der Waals surface area contributed by atoms with E-state index in [1.807, 2.05) is 32.1 Å². The standard InChI is InChI=1S/C28H32F2N8O2/c1-7-25(39)32-20-15-21(24(40-6)16-22(20)37(4)12-8-11-36(2)3)34-28-31-10-9-19(33-28)27-35-26-18(30)13-17(29)14-23(26)38(27)5/h7,9-10,13-16H,1,8,11-12H2,2-6H3,(H,32,39)(H,31,33,34). The van der Waals surface area contributed by atoms with Crippen LogP contribution in [-0.4, -0.2) is 71.7 Å². The second-order valence-corrected chi connectivity index (χ2v) is 9.48. The van der Waals surface area contributed by atoms with E-state index >= 15 is 0 Å². The van der Waals surface area contributed by atoms with Crippen molar-refractivity contribution < 1.29 is 18.3 Å². The molecule has 4 rings (SSSR count). The van der Waals surface area contributed by atoms with Gasteiger partial charge in [-0.1, -0.05) is 6.58 Å². The van der Waals surface area contributed by atoms with Crippen molar-refractivity contribution in [2.45, 2.75) is 6.42 Å². The Morgan fingerprint density at radius 1 is 1.12 bits per heavy atom. The highest BCUT2D eigenvalue weighted by Gasteiger charge is 2.19. The van der Waals surface area contributed by atoms with Crippen LogP contribution in [0.4, 0.5) is 31.8 Å². The molecule has 210 valence electrons. The zero-order valence-electron chi connectivity index (χ0n) is 23.1. The summed E-state index contributed by atoms with van der Waals surface area (Å²) in [5.41, 5.74) is 2.55. The van der Waals surface area contributed by atoms with Gasteiger partial charge in [-0.2, -0.15) is 0 Å². The molecular formula is C28H32F2N8O2. The summed E-state index contributed by atoms with van der Waals surface area (Å²) in [6.07, 6.45) is 3.64. The van der Waals surface area contributed by atoms with E-state index in [0.29, 0.717) is 34.2 Å². The van der Waals surface area contributed by atoms with Crippen LogP contribution >= 0.6 is 0 Å². The van der Waals surface area contributed by atoms with Crippen molar-refractivity contribution in [1.82, 2.24) is 24.4 Å². The molecule has 0 aliphatic carbocycles. The molecule has 0 bridgehead atoms. The molecule has 1 amide bonds. The fraction of sp³-hybridized carbons (Fsp3) is 0.286. The maximum atomic E-state index is 14.3. The van der Waals surface area contributed by atoms with E-state index in [0.717, 1.165) is 31.3 Å². The average Bonchev–Trinajstić information content (AvgIpc) is 3.25. The van der Waals surface area contributed by atoms with Crippen LogP contribution in [0, 0.1) is 11.6 Å². The van der Waals surface area contributed by atoms with Gasteiger partial charge in [-0.3, -0.25) is 4.79 Å². The van der Waals surface area contributed by atoms with Gasteiger partial charge < -0.3 is 29.7 Å². The summed E-state index contributed by atoms with van der Waals surface area (Å²) in [6.45, 7) is 5.21. The molecule has 10 nitrogen and oxygen atoms in total. The molecule has 0 radical (unpaired) electrons. The topological polar surface area (TPSA) is 100 Å². The molecule has 0 saturated heterocycles. The summed E-state index contributed by atoms with van der Waals surface area (Å²) in [6, 6.07) is 7.20. The fourth-order valence-electron chi connectivity index (χ4n) is 4.29. The molecule has 0 saturated carbocycles. The predicted octanol–water partition coefficient (Wildman–Crippen LogP) is 4.57. The number of rotatable bonds is 11. The van der Waals surface area contributed by atoms with Crippen LogP contribution in [0.2, 0.25) is 0 Å². The monoisotopic (exact) mass is 550 g/mol. The summed E-state index contributed by atoms with van der Waals surface area (Å²) < 4.78 is 35.4. The average molecular weight is 551 g/mol. The molecule has 0 atom stereocenters. The molecule has 2 N–H and O–H groups in total. The normalized spacial score (nSPS) is 11.1. The van der Waals surface area contributed by atoms with Gasteiger partial charge in [0.2, 0.25) is 11.9 Å². The minimum Gasteiger partial charge on any atom is -0.494 e. The Balaban J connectivity index is 1.69.